The molecule has 1 N–H and O–H groups in total. The van der Waals surface area contributed by atoms with Crippen molar-refractivity contribution in [3.8, 4) is 0 Å². The van der Waals surface area contributed by atoms with E-state index in [1.807, 2.05) is 30.7 Å². The Morgan fingerprint density at radius 3 is 2.55 bits per heavy atom. The van der Waals surface area contributed by atoms with E-state index in [9.17, 15) is 4.79 Å². The summed E-state index contributed by atoms with van der Waals surface area (Å²) in [6.07, 6.45) is 6.55. The van der Waals surface area contributed by atoms with E-state index in [0.717, 1.165) is 51.1 Å². The number of nitrogens with one attached hydrogen (secondary N) is 1. The highest BCUT2D eigenvalue weighted by Gasteiger charge is 2.44. The van der Waals surface area contributed by atoms with Crippen molar-refractivity contribution in [3.63, 3.8) is 0 Å². The van der Waals surface area contributed by atoms with E-state index in [-0.39, 0.29) is 11.3 Å². The number of imidazole rings is 1. The Morgan fingerprint density at radius 2 is 1.72 bits per heavy atom. The molecule has 148 valence electrons. The van der Waals surface area contributed by atoms with E-state index in [0.29, 0.717) is 0 Å². The monoisotopic (exact) mass is 386 g/mol. The lowest BCUT2D eigenvalue weighted by molar-refractivity contribution is -0.129. The molecule has 0 radical (unpaired) electrons. The molecular weight excluding hydrogens is 360 g/mol. The summed E-state index contributed by atoms with van der Waals surface area (Å²) in [7, 11) is 0. The van der Waals surface area contributed by atoms with Crippen molar-refractivity contribution in [1.29, 1.82) is 0 Å². The second kappa shape index (κ2) is 7.48. The molecule has 5 heteroatoms. The van der Waals surface area contributed by atoms with Gasteiger partial charge in [0.25, 0.3) is 0 Å². The maximum absolute atomic E-state index is 12.9. The summed E-state index contributed by atoms with van der Waals surface area (Å²) in [6, 6.07) is 18.7. The average molecular weight is 386 g/mol. The number of piperidine rings is 1. The number of anilines is 1. The number of carbonyl (C=O) groups excluding carboxylic acids is 1. The van der Waals surface area contributed by atoms with Gasteiger partial charge in [0.05, 0.1) is 17.4 Å². The fourth-order valence-electron chi connectivity index (χ4n) is 4.67. The molecule has 5 rings (SSSR count). The zero-order valence-electron chi connectivity index (χ0n) is 16.6. The van der Waals surface area contributed by atoms with Gasteiger partial charge in [-0.1, -0.05) is 48.5 Å². The van der Waals surface area contributed by atoms with Gasteiger partial charge >= 0.3 is 0 Å². The first-order valence-corrected chi connectivity index (χ1v) is 10.4. The van der Waals surface area contributed by atoms with Gasteiger partial charge in [-0.2, -0.15) is 0 Å². The molecule has 0 unspecified atom stereocenters. The topological polar surface area (TPSA) is 50.2 Å². The summed E-state index contributed by atoms with van der Waals surface area (Å²) in [5, 5.41) is 3.15. The Morgan fingerprint density at radius 1 is 0.966 bits per heavy atom. The standard InChI is InChI=1S/C24H26N4O/c29-23-24(14-20-8-4-5-9-22(20)26-23)10-12-27(13-11-24)17-21-15-25-18-28(21)16-19-6-2-1-3-7-19/h1-9,15,18H,10-14,16-17H2,(H,26,29). The van der Waals surface area contributed by atoms with E-state index >= 15 is 0 Å². The van der Waals surface area contributed by atoms with Crippen LogP contribution >= 0.6 is 0 Å². The van der Waals surface area contributed by atoms with Crippen LogP contribution in [-0.2, 0) is 24.3 Å². The number of nitrogens with zero attached hydrogens (tertiary/aromatic N) is 3. The molecule has 1 aromatic heterocycles. The summed E-state index contributed by atoms with van der Waals surface area (Å²) in [5.74, 6) is 0.199. The summed E-state index contributed by atoms with van der Waals surface area (Å²) >= 11 is 0. The number of carbonyl (C=O) groups is 1. The van der Waals surface area contributed by atoms with Crippen molar-refractivity contribution in [1.82, 2.24) is 14.5 Å². The van der Waals surface area contributed by atoms with Gasteiger partial charge < -0.3 is 9.88 Å². The smallest absolute Gasteiger partial charge is 0.231 e. The predicted molar refractivity (Wildman–Crippen MR) is 113 cm³/mol. The first-order valence-electron chi connectivity index (χ1n) is 10.4. The van der Waals surface area contributed by atoms with E-state index in [1.54, 1.807) is 0 Å². The molecule has 5 nitrogen and oxygen atoms in total. The third-order valence-electron chi connectivity index (χ3n) is 6.47. The maximum Gasteiger partial charge on any atom is 0.231 e. The second-order valence-corrected chi connectivity index (χ2v) is 8.34. The molecule has 0 bridgehead atoms. The molecular formula is C24H26N4O. The average Bonchev–Trinajstić information content (AvgIpc) is 3.18. The Balaban J connectivity index is 1.25. The summed E-state index contributed by atoms with van der Waals surface area (Å²) in [4.78, 5) is 19.7. The van der Waals surface area contributed by atoms with Crippen molar-refractivity contribution in [2.45, 2.75) is 32.4 Å². The molecule has 3 heterocycles. The molecule has 1 fully saturated rings. The highest BCUT2D eigenvalue weighted by atomic mass is 16.2. The van der Waals surface area contributed by atoms with Gasteiger partial charge in [0.1, 0.15) is 0 Å². The van der Waals surface area contributed by atoms with Gasteiger partial charge in [-0.15, -0.1) is 0 Å². The molecule has 1 saturated heterocycles. The number of fused-ring (bicyclic) bond motifs is 1. The minimum Gasteiger partial charge on any atom is -0.329 e. The van der Waals surface area contributed by atoms with Crippen molar-refractivity contribution in [3.05, 3.63) is 83.9 Å². The van der Waals surface area contributed by atoms with Crippen LogP contribution in [0.2, 0.25) is 0 Å². The summed E-state index contributed by atoms with van der Waals surface area (Å²) in [6.45, 7) is 3.59. The van der Waals surface area contributed by atoms with Crippen molar-refractivity contribution >= 4 is 11.6 Å². The molecule has 1 spiro atoms. The minimum atomic E-state index is -0.255. The highest BCUT2D eigenvalue weighted by Crippen LogP contribution is 2.41. The zero-order valence-corrected chi connectivity index (χ0v) is 16.6. The van der Waals surface area contributed by atoms with Crippen molar-refractivity contribution in [2.75, 3.05) is 18.4 Å². The number of para-hydroxylation sites is 1. The molecule has 3 aromatic rings. The fourth-order valence-corrected chi connectivity index (χ4v) is 4.67. The third kappa shape index (κ3) is 3.58. The molecule has 2 aliphatic rings. The number of benzene rings is 2. The Labute approximate surface area is 171 Å². The quantitative estimate of drug-likeness (QED) is 0.744. The summed E-state index contributed by atoms with van der Waals surface area (Å²) < 4.78 is 2.23. The van der Waals surface area contributed by atoms with Gasteiger partial charge in [0, 0.05) is 25.0 Å². The summed E-state index contributed by atoms with van der Waals surface area (Å²) in [5.41, 5.74) is 4.50. The van der Waals surface area contributed by atoms with Gasteiger partial charge in [-0.05, 0) is 49.5 Å². The number of hydrogen-bond donors (Lipinski definition) is 1. The van der Waals surface area contributed by atoms with Gasteiger partial charge in [-0.3, -0.25) is 9.69 Å². The van der Waals surface area contributed by atoms with Crippen LogP contribution < -0.4 is 5.32 Å². The SMILES string of the molecule is O=C1Nc2ccccc2CC12CCN(Cc1cncn1Cc1ccccc1)CC2. The largest absolute Gasteiger partial charge is 0.329 e. The zero-order chi connectivity index (χ0) is 19.7. The van der Waals surface area contributed by atoms with E-state index in [2.05, 4.69) is 56.2 Å². The van der Waals surface area contributed by atoms with Crippen LogP contribution in [0.3, 0.4) is 0 Å². The van der Waals surface area contributed by atoms with Gasteiger partial charge in [-0.25, -0.2) is 4.98 Å². The van der Waals surface area contributed by atoms with Gasteiger partial charge in [0.2, 0.25) is 5.91 Å². The van der Waals surface area contributed by atoms with E-state index in [1.165, 1.54) is 16.8 Å². The molecule has 0 atom stereocenters. The lowest BCUT2D eigenvalue weighted by Crippen LogP contribution is -2.49. The lowest BCUT2D eigenvalue weighted by atomic mass is 9.71. The molecule has 1 amide bonds. The fraction of sp³-hybridized carbons (Fsp3) is 0.333. The van der Waals surface area contributed by atoms with Crippen LogP contribution in [0.1, 0.15) is 29.7 Å². The van der Waals surface area contributed by atoms with Crippen LogP contribution in [0.15, 0.2) is 67.1 Å². The maximum atomic E-state index is 12.9. The number of hydrogen-bond acceptors (Lipinski definition) is 3. The first-order chi connectivity index (χ1) is 14.2. The van der Waals surface area contributed by atoms with Crippen LogP contribution in [-0.4, -0.2) is 33.4 Å². The lowest BCUT2D eigenvalue weighted by Gasteiger charge is -2.43. The van der Waals surface area contributed by atoms with Crippen LogP contribution in [0.4, 0.5) is 5.69 Å². The number of rotatable bonds is 4. The predicted octanol–water partition coefficient (Wildman–Crippen LogP) is 3.71. The Hall–Kier alpha value is -2.92. The first kappa shape index (κ1) is 18.1. The van der Waals surface area contributed by atoms with E-state index in [4.69, 9.17) is 0 Å². The second-order valence-electron chi connectivity index (χ2n) is 8.34. The van der Waals surface area contributed by atoms with Crippen LogP contribution in [0.5, 0.6) is 0 Å². The number of amides is 1. The Bertz CT molecular complexity index is 1000. The van der Waals surface area contributed by atoms with Crippen molar-refractivity contribution < 1.29 is 4.79 Å². The normalized spacial score (nSPS) is 18.4. The highest BCUT2D eigenvalue weighted by molar-refractivity contribution is 5.98. The molecule has 0 saturated carbocycles. The third-order valence-corrected chi connectivity index (χ3v) is 6.47. The number of aromatic nitrogens is 2. The van der Waals surface area contributed by atoms with Crippen molar-refractivity contribution in [2.24, 2.45) is 5.41 Å². The molecule has 0 aliphatic carbocycles. The van der Waals surface area contributed by atoms with Gasteiger partial charge in [0.15, 0.2) is 0 Å². The number of likely N-dealkylation sites (tertiary alicyclic amines) is 1. The minimum absolute atomic E-state index is 0.199. The molecule has 2 aromatic carbocycles. The van der Waals surface area contributed by atoms with E-state index < -0.39 is 0 Å². The Kier molecular flexibility index (Phi) is 4.68. The molecule has 2 aliphatic heterocycles. The van der Waals surface area contributed by atoms with Crippen LogP contribution in [0, 0.1) is 5.41 Å². The molecule has 29 heavy (non-hydrogen) atoms. The van der Waals surface area contributed by atoms with Crippen LogP contribution in [0.25, 0.3) is 0 Å².